The number of amides is 2. The molecule has 1 heterocycles. The summed E-state index contributed by atoms with van der Waals surface area (Å²) in [4.78, 5) is 26.0. The number of halogens is 3. The Labute approximate surface area is 154 Å². The molecule has 1 saturated heterocycles. The van der Waals surface area contributed by atoms with Gasteiger partial charge in [0.1, 0.15) is 5.82 Å². The summed E-state index contributed by atoms with van der Waals surface area (Å²) in [5.74, 6) is -1.44. The lowest BCUT2D eigenvalue weighted by atomic mass is 10.1. The van der Waals surface area contributed by atoms with Crippen LogP contribution in [0.15, 0.2) is 42.5 Å². The van der Waals surface area contributed by atoms with Gasteiger partial charge in [0.2, 0.25) is 11.8 Å². The number of benzene rings is 2. The lowest BCUT2D eigenvalue weighted by Crippen LogP contribution is -2.32. The predicted octanol–water partition coefficient (Wildman–Crippen LogP) is 3.80. The molecule has 1 atom stereocenters. The monoisotopic (exact) mass is 380 g/mol. The van der Waals surface area contributed by atoms with E-state index in [4.69, 9.17) is 23.2 Å². The van der Waals surface area contributed by atoms with Crippen molar-refractivity contribution in [3.8, 4) is 0 Å². The third-order valence-electron chi connectivity index (χ3n) is 4.12. The molecule has 0 bridgehead atoms. The van der Waals surface area contributed by atoms with Gasteiger partial charge < -0.3 is 10.2 Å². The zero-order valence-electron chi connectivity index (χ0n) is 13.1. The quantitative estimate of drug-likeness (QED) is 0.876. The van der Waals surface area contributed by atoms with Crippen molar-refractivity contribution in [2.75, 3.05) is 11.4 Å². The first kappa shape index (κ1) is 17.7. The smallest absolute Gasteiger partial charge is 0.227 e. The van der Waals surface area contributed by atoms with Crippen LogP contribution in [0.25, 0.3) is 0 Å². The molecular weight excluding hydrogens is 366 g/mol. The first-order valence-corrected chi connectivity index (χ1v) is 8.48. The minimum Gasteiger partial charge on any atom is -0.352 e. The average molecular weight is 381 g/mol. The molecule has 1 aliphatic heterocycles. The van der Waals surface area contributed by atoms with E-state index in [-0.39, 0.29) is 29.8 Å². The van der Waals surface area contributed by atoms with E-state index in [1.807, 2.05) is 18.2 Å². The molecule has 2 aromatic rings. The fraction of sp³-hybridized carbons (Fsp3) is 0.222. The molecule has 130 valence electrons. The Morgan fingerprint density at radius 1 is 1.20 bits per heavy atom. The zero-order chi connectivity index (χ0) is 18.0. The van der Waals surface area contributed by atoms with E-state index in [0.29, 0.717) is 17.3 Å². The Kier molecular flexibility index (Phi) is 5.25. The number of nitrogens with zero attached hydrogens (tertiary/aromatic N) is 1. The van der Waals surface area contributed by atoms with E-state index < -0.39 is 11.7 Å². The van der Waals surface area contributed by atoms with E-state index in [9.17, 15) is 14.0 Å². The van der Waals surface area contributed by atoms with Crippen molar-refractivity contribution in [1.82, 2.24) is 5.32 Å². The average Bonchev–Trinajstić information content (AvgIpc) is 2.98. The Morgan fingerprint density at radius 2 is 1.96 bits per heavy atom. The van der Waals surface area contributed by atoms with Gasteiger partial charge in [-0.2, -0.15) is 0 Å². The highest BCUT2D eigenvalue weighted by Crippen LogP contribution is 2.28. The third-order valence-corrected chi connectivity index (χ3v) is 4.78. The zero-order valence-corrected chi connectivity index (χ0v) is 14.6. The third kappa shape index (κ3) is 3.94. The van der Waals surface area contributed by atoms with Crippen LogP contribution in [0.5, 0.6) is 0 Å². The van der Waals surface area contributed by atoms with E-state index in [2.05, 4.69) is 5.32 Å². The molecule has 7 heteroatoms. The highest BCUT2D eigenvalue weighted by molar-refractivity contribution is 6.31. The van der Waals surface area contributed by atoms with Gasteiger partial charge in [0, 0.05) is 30.2 Å². The minimum absolute atomic E-state index is 0.0584. The van der Waals surface area contributed by atoms with Gasteiger partial charge >= 0.3 is 0 Å². The summed E-state index contributed by atoms with van der Waals surface area (Å²) in [5, 5.41) is 3.32. The van der Waals surface area contributed by atoms with E-state index in [1.165, 1.54) is 23.1 Å². The van der Waals surface area contributed by atoms with Gasteiger partial charge in [-0.1, -0.05) is 41.4 Å². The highest BCUT2D eigenvalue weighted by atomic mass is 35.5. The molecule has 0 spiro atoms. The van der Waals surface area contributed by atoms with Crippen molar-refractivity contribution in [2.24, 2.45) is 5.92 Å². The molecule has 1 N–H and O–H groups in total. The van der Waals surface area contributed by atoms with E-state index >= 15 is 0 Å². The van der Waals surface area contributed by atoms with Gasteiger partial charge in [0.15, 0.2) is 0 Å². The number of hydrogen-bond acceptors (Lipinski definition) is 2. The Morgan fingerprint density at radius 3 is 2.68 bits per heavy atom. The first-order chi connectivity index (χ1) is 12.0. The number of carbonyl (C=O) groups is 2. The van der Waals surface area contributed by atoms with Crippen molar-refractivity contribution < 1.29 is 14.0 Å². The summed E-state index contributed by atoms with van der Waals surface area (Å²) in [5.41, 5.74) is 1.29. The van der Waals surface area contributed by atoms with Gasteiger partial charge in [-0.15, -0.1) is 0 Å². The van der Waals surface area contributed by atoms with Crippen LogP contribution in [0.4, 0.5) is 10.1 Å². The molecule has 0 radical (unpaired) electrons. The second-order valence-corrected chi connectivity index (χ2v) is 6.63. The Bertz CT molecular complexity index is 828. The number of anilines is 1. The van der Waals surface area contributed by atoms with Gasteiger partial charge in [-0.3, -0.25) is 9.59 Å². The van der Waals surface area contributed by atoms with Gasteiger partial charge in [0.05, 0.1) is 10.9 Å². The molecule has 1 unspecified atom stereocenters. The summed E-state index contributed by atoms with van der Waals surface area (Å²) in [7, 11) is 0. The Hall–Kier alpha value is -2.11. The van der Waals surface area contributed by atoms with Crippen LogP contribution in [0, 0.1) is 11.7 Å². The van der Waals surface area contributed by atoms with Crippen LogP contribution >= 0.6 is 23.2 Å². The maximum atomic E-state index is 13.3. The van der Waals surface area contributed by atoms with Crippen molar-refractivity contribution >= 4 is 40.7 Å². The summed E-state index contributed by atoms with van der Waals surface area (Å²) < 4.78 is 13.3. The molecule has 2 aromatic carbocycles. The summed E-state index contributed by atoms with van der Waals surface area (Å²) in [6.45, 7) is 0.528. The molecule has 2 amide bonds. The SMILES string of the molecule is O=C(NCc1ccccc1Cl)C1CC(=O)N(c2ccc(F)c(Cl)c2)C1. The first-order valence-electron chi connectivity index (χ1n) is 7.72. The minimum atomic E-state index is -0.550. The van der Waals surface area contributed by atoms with Crippen LogP contribution in [0.2, 0.25) is 10.0 Å². The number of rotatable bonds is 4. The maximum Gasteiger partial charge on any atom is 0.227 e. The fourth-order valence-electron chi connectivity index (χ4n) is 2.75. The maximum absolute atomic E-state index is 13.3. The van der Waals surface area contributed by atoms with Crippen LogP contribution in [0.3, 0.4) is 0 Å². The molecule has 0 saturated carbocycles. The second kappa shape index (κ2) is 7.42. The number of carbonyl (C=O) groups excluding carboxylic acids is 2. The summed E-state index contributed by atoms with van der Waals surface area (Å²) in [6, 6.07) is 11.3. The number of nitrogens with one attached hydrogen (secondary N) is 1. The van der Waals surface area contributed by atoms with Crippen molar-refractivity contribution in [3.05, 3.63) is 63.9 Å². The lowest BCUT2D eigenvalue weighted by Gasteiger charge is -2.17. The van der Waals surface area contributed by atoms with Crippen molar-refractivity contribution in [2.45, 2.75) is 13.0 Å². The molecule has 1 fully saturated rings. The molecule has 0 aliphatic carbocycles. The predicted molar refractivity (Wildman–Crippen MR) is 95.2 cm³/mol. The van der Waals surface area contributed by atoms with E-state index in [1.54, 1.807) is 6.07 Å². The second-order valence-electron chi connectivity index (χ2n) is 5.81. The molecule has 0 aromatic heterocycles. The number of hydrogen-bond donors (Lipinski definition) is 1. The van der Waals surface area contributed by atoms with Crippen LogP contribution in [0.1, 0.15) is 12.0 Å². The fourth-order valence-corrected chi connectivity index (χ4v) is 3.13. The van der Waals surface area contributed by atoms with Crippen molar-refractivity contribution in [3.63, 3.8) is 0 Å². The van der Waals surface area contributed by atoms with Gasteiger partial charge in [0.25, 0.3) is 0 Å². The molecular formula is C18H15Cl2FN2O2. The summed E-state index contributed by atoms with van der Waals surface area (Å²) in [6.07, 6.45) is 0.101. The molecule has 3 rings (SSSR count). The van der Waals surface area contributed by atoms with Crippen molar-refractivity contribution in [1.29, 1.82) is 0 Å². The summed E-state index contributed by atoms with van der Waals surface area (Å²) >= 11 is 11.8. The van der Waals surface area contributed by atoms with Gasteiger partial charge in [-0.05, 0) is 29.8 Å². The van der Waals surface area contributed by atoms with E-state index in [0.717, 1.165) is 5.56 Å². The van der Waals surface area contributed by atoms with Crippen LogP contribution < -0.4 is 10.2 Å². The largest absolute Gasteiger partial charge is 0.352 e. The normalized spacial score (nSPS) is 17.0. The van der Waals surface area contributed by atoms with Crippen LogP contribution in [-0.4, -0.2) is 18.4 Å². The van der Waals surface area contributed by atoms with Crippen LogP contribution in [-0.2, 0) is 16.1 Å². The standard InChI is InChI=1S/C18H15Cl2FN2O2/c19-14-4-2-1-3-11(14)9-22-18(25)12-7-17(24)23(10-12)13-5-6-16(21)15(20)8-13/h1-6,8,12H,7,9-10H2,(H,22,25). The van der Waals surface area contributed by atoms with Gasteiger partial charge in [-0.25, -0.2) is 4.39 Å². The molecule has 25 heavy (non-hydrogen) atoms. The topological polar surface area (TPSA) is 49.4 Å². The molecule has 1 aliphatic rings. The lowest BCUT2D eigenvalue weighted by molar-refractivity contribution is -0.126. The Balaban J connectivity index is 1.64. The molecule has 4 nitrogen and oxygen atoms in total. The highest BCUT2D eigenvalue weighted by Gasteiger charge is 2.35.